The van der Waals surface area contributed by atoms with Gasteiger partial charge in [-0.2, -0.15) is 0 Å². The van der Waals surface area contributed by atoms with Crippen molar-refractivity contribution in [1.29, 1.82) is 0 Å². The third-order valence-corrected chi connectivity index (χ3v) is 5.76. The number of benzene rings is 1. The maximum atomic E-state index is 12.2. The maximum Gasteiger partial charge on any atom is 0.238 e. The molecule has 1 aliphatic rings. The van der Waals surface area contributed by atoms with Gasteiger partial charge in [-0.25, -0.2) is 9.97 Å². The van der Waals surface area contributed by atoms with Crippen LogP contribution in [0.15, 0.2) is 30.6 Å². The van der Waals surface area contributed by atoms with Crippen LogP contribution in [0, 0.1) is 12.3 Å². The summed E-state index contributed by atoms with van der Waals surface area (Å²) in [6.45, 7) is 6.61. The van der Waals surface area contributed by atoms with Gasteiger partial charge < -0.3 is 19.5 Å². The molecule has 1 aromatic heterocycles. The quantitative estimate of drug-likeness (QED) is 0.524. The molecule has 0 saturated carbocycles. The maximum absolute atomic E-state index is 12.2. The Hall–Kier alpha value is -2.82. The number of carbonyl (C=O) groups excluding carboxylic acids is 1. The fourth-order valence-electron chi connectivity index (χ4n) is 3.55. The van der Waals surface area contributed by atoms with E-state index in [0.29, 0.717) is 30.2 Å². The van der Waals surface area contributed by atoms with Crippen LogP contribution in [-0.4, -0.2) is 52.3 Å². The molecular formula is C25H30ClN3O4. The molecule has 1 aromatic carbocycles. The van der Waals surface area contributed by atoms with Crippen molar-refractivity contribution in [2.75, 3.05) is 24.6 Å². The minimum absolute atomic E-state index is 0.0303. The van der Waals surface area contributed by atoms with Crippen LogP contribution in [0.2, 0.25) is 5.02 Å². The molecule has 0 radical (unpaired) electrons. The van der Waals surface area contributed by atoms with Gasteiger partial charge >= 0.3 is 0 Å². The Balaban J connectivity index is 1.59. The Morgan fingerprint density at radius 1 is 1.36 bits per heavy atom. The van der Waals surface area contributed by atoms with Crippen LogP contribution in [0.5, 0.6) is 11.6 Å². The van der Waals surface area contributed by atoms with Gasteiger partial charge in [0.15, 0.2) is 5.82 Å². The molecule has 1 fully saturated rings. The lowest BCUT2D eigenvalue weighted by Crippen LogP contribution is -2.29. The SMILES string of the molecule is C#CCCC(=O)C(C)c1ccc(O[C@@H]2CCN(c3ncnc(OCC(C)(C)O)c3Cl)C2)cc1. The molecule has 0 amide bonds. The van der Waals surface area contributed by atoms with E-state index in [4.69, 9.17) is 27.5 Å². The number of ether oxygens (including phenoxy) is 2. The Kier molecular flexibility index (Phi) is 8.17. The van der Waals surface area contributed by atoms with E-state index in [1.54, 1.807) is 13.8 Å². The van der Waals surface area contributed by atoms with E-state index in [0.717, 1.165) is 24.3 Å². The Morgan fingerprint density at radius 2 is 2.09 bits per heavy atom. The molecule has 176 valence electrons. The molecule has 7 nitrogen and oxygen atoms in total. The molecule has 1 unspecified atom stereocenters. The number of anilines is 1. The first-order chi connectivity index (χ1) is 15.7. The van der Waals surface area contributed by atoms with Gasteiger partial charge in [-0.3, -0.25) is 4.79 Å². The molecule has 8 heteroatoms. The van der Waals surface area contributed by atoms with Gasteiger partial charge in [0, 0.05) is 31.7 Å². The second-order valence-electron chi connectivity index (χ2n) is 8.85. The van der Waals surface area contributed by atoms with Crippen LogP contribution in [0.3, 0.4) is 0 Å². The molecule has 2 atom stereocenters. The van der Waals surface area contributed by atoms with Crippen molar-refractivity contribution in [2.45, 2.75) is 57.7 Å². The molecular weight excluding hydrogens is 442 g/mol. The third kappa shape index (κ3) is 6.83. The van der Waals surface area contributed by atoms with E-state index in [2.05, 4.69) is 15.9 Å². The van der Waals surface area contributed by atoms with E-state index in [1.165, 1.54) is 6.33 Å². The van der Waals surface area contributed by atoms with Gasteiger partial charge in [0.1, 0.15) is 35.6 Å². The topological polar surface area (TPSA) is 84.8 Å². The predicted octanol–water partition coefficient (Wildman–Crippen LogP) is 4.02. The Bertz CT molecular complexity index is 998. The lowest BCUT2D eigenvalue weighted by Gasteiger charge is -2.21. The number of terminal acetylenes is 1. The summed E-state index contributed by atoms with van der Waals surface area (Å²) in [5, 5.41) is 10.2. The smallest absolute Gasteiger partial charge is 0.238 e. The Morgan fingerprint density at radius 3 is 2.76 bits per heavy atom. The van der Waals surface area contributed by atoms with Gasteiger partial charge in [-0.05, 0) is 31.5 Å². The predicted molar refractivity (Wildman–Crippen MR) is 128 cm³/mol. The highest BCUT2D eigenvalue weighted by Crippen LogP contribution is 2.33. The molecule has 0 spiro atoms. The monoisotopic (exact) mass is 471 g/mol. The fraction of sp³-hybridized carbons (Fsp3) is 0.480. The van der Waals surface area contributed by atoms with Crippen LogP contribution in [0.1, 0.15) is 51.5 Å². The summed E-state index contributed by atoms with van der Waals surface area (Å²) < 4.78 is 11.7. The summed E-state index contributed by atoms with van der Waals surface area (Å²) in [5.41, 5.74) is -0.0488. The first-order valence-electron chi connectivity index (χ1n) is 11.0. The highest BCUT2D eigenvalue weighted by molar-refractivity contribution is 6.34. The highest BCUT2D eigenvalue weighted by Gasteiger charge is 2.28. The summed E-state index contributed by atoms with van der Waals surface area (Å²) in [6, 6.07) is 7.63. The van der Waals surface area contributed by atoms with Crippen molar-refractivity contribution < 1.29 is 19.4 Å². The average molecular weight is 472 g/mol. The van der Waals surface area contributed by atoms with Gasteiger partial charge in [0.25, 0.3) is 0 Å². The molecule has 1 saturated heterocycles. The van der Waals surface area contributed by atoms with Crippen LogP contribution in [-0.2, 0) is 4.79 Å². The molecule has 3 rings (SSSR count). The van der Waals surface area contributed by atoms with E-state index in [1.807, 2.05) is 36.1 Å². The van der Waals surface area contributed by atoms with Gasteiger partial charge in [0.05, 0.1) is 12.1 Å². The first kappa shape index (κ1) is 24.8. The van der Waals surface area contributed by atoms with Gasteiger partial charge in [-0.15, -0.1) is 12.3 Å². The van der Waals surface area contributed by atoms with Crippen LogP contribution in [0.4, 0.5) is 5.82 Å². The summed E-state index contributed by atoms with van der Waals surface area (Å²) >= 11 is 6.48. The number of Topliss-reactive ketones (excluding diaryl/α,β-unsaturated/α-hetero) is 1. The molecule has 2 heterocycles. The molecule has 33 heavy (non-hydrogen) atoms. The summed E-state index contributed by atoms with van der Waals surface area (Å²) in [6.07, 6.45) is 8.29. The number of aliphatic hydroxyl groups is 1. The molecule has 2 aromatic rings. The molecule has 0 bridgehead atoms. The van der Waals surface area contributed by atoms with E-state index >= 15 is 0 Å². The Labute approximate surface area is 200 Å². The number of carbonyl (C=O) groups is 1. The van der Waals surface area contributed by atoms with Crippen molar-refractivity contribution in [3.05, 3.63) is 41.2 Å². The summed E-state index contributed by atoms with van der Waals surface area (Å²) in [4.78, 5) is 22.6. The van der Waals surface area contributed by atoms with Gasteiger partial charge in [0.2, 0.25) is 5.88 Å². The standard InChI is InChI=1S/C25H30ClN3O4/c1-5-6-7-21(30)17(2)18-8-10-19(11-9-18)33-20-12-13-29(14-20)23-22(26)24(28-16-27-23)32-15-25(3,4)31/h1,8-11,16-17,20,31H,6-7,12-15H2,2-4H3/t17?,20-/m1/s1. The van der Waals surface area contributed by atoms with E-state index in [-0.39, 0.29) is 30.3 Å². The van der Waals surface area contributed by atoms with Crippen LogP contribution >= 0.6 is 11.6 Å². The third-order valence-electron chi connectivity index (χ3n) is 5.43. The van der Waals surface area contributed by atoms with Crippen molar-refractivity contribution >= 4 is 23.2 Å². The highest BCUT2D eigenvalue weighted by atomic mass is 35.5. The molecule has 1 aliphatic heterocycles. The minimum atomic E-state index is -0.997. The van der Waals surface area contributed by atoms with Gasteiger partial charge in [-0.1, -0.05) is 30.7 Å². The van der Waals surface area contributed by atoms with Crippen molar-refractivity contribution in [1.82, 2.24) is 9.97 Å². The fourth-order valence-corrected chi connectivity index (χ4v) is 3.82. The number of aromatic nitrogens is 2. The average Bonchev–Trinajstić information content (AvgIpc) is 3.24. The summed E-state index contributed by atoms with van der Waals surface area (Å²) in [7, 11) is 0. The van der Waals surface area contributed by atoms with E-state index < -0.39 is 5.60 Å². The lowest BCUT2D eigenvalue weighted by molar-refractivity contribution is -0.120. The zero-order chi connectivity index (χ0) is 24.0. The zero-order valence-electron chi connectivity index (χ0n) is 19.3. The van der Waals surface area contributed by atoms with Crippen LogP contribution < -0.4 is 14.4 Å². The number of rotatable bonds is 10. The number of hydrogen-bond acceptors (Lipinski definition) is 7. The number of halogens is 1. The van der Waals surface area contributed by atoms with Crippen molar-refractivity contribution in [2.24, 2.45) is 0 Å². The molecule has 1 N–H and O–H groups in total. The second kappa shape index (κ2) is 10.9. The first-order valence-corrected chi connectivity index (χ1v) is 11.4. The normalized spacial score (nSPS) is 16.8. The van der Waals surface area contributed by atoms with E-state index in [9.17, 15) is 9.90 Å². The number of hydrogen-bond donors (Lipinski definition) is 1. The minimum Gasteiger partial charge on any atom is -0.489 e. The summed E-state index contributed by atoms with van der Waals surface area (Å²) in [5.74, 6) is 4.03. The van der Waals surface area contributed by atoms with Crippen LogP contribution in [0.25, 0.3) is 0 Å². The largest absolute Gasteiger partial charge is 0.489 e. The number of ketones is 1. The number of nitrogens with zero attached hydrogens (tertiary/aromatic N) is 3. The zero-order valence-corrected chi connectivity index (χ0v) is 20.0. The van der Waals surface area contributed by atoms with Crippen molar-refractivity contribution in [3.8, 4) is 24.0 Å². The van der Waals surface area contributed by atoms with Crippen molar-refractivity contribution in [3.63, 3.8) is 0 Å². The second-order valence-corrected chi connectivity index (χ2v) is 9.23. The lowest BCUT2D eigenvalue weighted by atomic mass is 9.94. The molecule has 0 aliphatic carbocycles.